The SMILES string of the molecule is CCNC1c2c(F)ccc(F)c2C(C)C1C. The Labute approximate surface area is 94.9 Å². The molecule has 0 radical (unpaired) electrons. The summed E-state index contributed by atoms with van der Waals surface area (Å²) in [4.78, 5) is 0. The van der Waals surface area contributed by atoms with E-state index in [0.717, 1.165) is 6.54 Å². The van der Waals surface area contributed by atoms with E-state index in [-0.39, 0.29) is 29.5 Å². The van der Waals surface area contributed by atoms with E-state index in [2.05, 4.69) is 5.32 Å². The molecule has 0 aromatic heterocycles. The minimum atomic E-state index is -0.293. The predicted octanol–water partition coefficient (Wildman–Crippen LogP) is 3.37. The Balaban J connectivity index is 2.55. The van der Waals surface area contributed by atoms with Gasteiger partial charge in [-0.1, -0.05) is 20.8 Å². The molecule has 1 aliphatic rings. The fraction of sp³-hybridized carbons (Fsp3) is 0.538. The molecule has 88 valence electrons. The number of benzene rings is 1. The normalized spacial score (nSPS) is 28.2. The van der Waals surface area contributed by atoms with Gasteiger partial charge in [0.1, 0.15) is 11.6 Å². The summed E-state index contributed by atoms with van der Waals surface area (Å²) in [6.45, 7) is 6.74. The van der Waals surface area contributed by atoms with E-state index in [0.29, 0.717) is 11.1 Å². The van der Waals surface area contributed by atoms with Crippen LogP contribution >= 0.6 is 0 Å². The predicted molar refractivity (Wildman–Crippen MR) is 60.4 cm³/mol. The summed E-state index contributed by atoms with van der Waals surface area (Å²) >= 11 is 0. The highest BCUT2D eigenvalue weighted by molar-refractivity contribution is 5.41. The first kappa shape index (κ1) is 11.5. The zero-order chi connectivity index (χ0) is 11.9. The molecule has 1 aromatic rings. The zero-order valence-electron chi connectivity index (χ0n) is 9.85. The van der Waals surface area contributed by atoms with Gasteiger partial charge in [0.05, 0.1) is 0 Å². The van der Waals surface area contributed by atoms with Crippen LogP contribution in [-0.4, -0.2) is 6.54 Å². The van der Waals surface area contributed by atoms with Crippen molar-refractivity contribution in [3.8, 4) is 0 Å². The van der Waals surface area contributed by atoms with E-state index in [1.165, 1.54) is 12.1 Å². The van der Waals surface area contributed by atoms with E-state index in [1.54, 1.807) is 0 Å². The molecule has 0 saturated heterocycles. The van der Waals surface area contributed by atoms with Gasteiger partial charge in [0.2, 0.25) is 0 Å². The van der Waals surface area contributed by atoms with Crippen LogP contribution in [0.3, 0.4) is 0 Å². The standard InChI is InChI=1S/C13H17F2N/c1-4-16-13-8(3)7(2)11-9(14)5-6-10(15)12(11)13/h5-8,13,16H,4H2,1-3H3. The molecule has 1 aromatic carbocycles. The molecule has 2 rings (SSSR count). The topological polar surface area (TPSA) is 12.0 Å². The van der Waals surface area contributed by atoms with Crippen LogP contribution in [0.2, 0.25) is 0 Å². The largest absolute Gasteiger partial charge is 0.310 e. The van der Waals surface area contributed by atoms with E-state index < -0.39 is 0 Å². The number of fused-ring (bicyclic) bond motifs is 1. The van der Waals surface area contributed by atoms with Crippen LogP contribution in [0.25, 0.3) is 0 Å². The van der Waals surface area contributed by atoms with Gasteiger partial charge < -0.3 is 5.32 Å². The summed E-state index contributed by atoms with van der Waals surface area (Å²) in [5.41, 5.74) is 1.08. The van der Waals surface area contributed by atoms with E-state index >= 15 is 0 Å². The van der Waals surface area contributed by atoms with E-state index in [9.17, 15) is 8.78 Å². The molecule has 0 spiro atoms. The quantitative estimate of drug-likeness (QED) is 0.813. The molecule has 0 amide bonds. The van der Waals surface area contributed by atoms with E-state index in [4.69, 9.17) is 0 Å². The van der Waals surface area contributed by atoms with Crippen LogP contribution in [0.4, 0.5) is 8.78 Å². The molecule has 0 heterocycles. The Hall–Kier alpha value is -0.960. The number of hydrogen-bond acceptors (Lipinski definition) is 1. The van der Waals surface area contributed by atoms with Crippen LogP contribution in [0, 0.1) is 17.6 Å². The van der Waals surface area contributed by atoms with Crippen molar-refractivity contribution in [1.82, 2.24) is 5.32 Å². The minimum Gasteiger partial charge on any atom is -0.310 e. The molecule has 1 nitrogen and oxygen atoms in total. The molecule has 0 bridgehead atoms. The second-order valence-corrected chi connectivity index (χ2v) is 4.54. The van der Waals surface area contributed by atoms with Gasteiger partial charge in [0.15, 0.2) is 0 Å². The van der Waals surface area contributed by atoms with Gasteiger partial charge in [-0.15, -0.1) is 0 Å². The molecule has 1 aliphatic carbocycles. The molecular formula is C13H17F2N. The smallest absolute Gasteiger partial charge is 0.128 e. The van der Waals surface area contributed by atoms with Crippen LogP contribution in [-0.2, 0) is 0 Å². The Morgan fingerprint density at radius 3 is 2.25 bits per heavy atom. The van der Waals surface area contributed by atoms with Crippen LogP contribution < -0.4 is 5.32 Å². The second kappa shape index (κ2) is 4.13. The van der Waals surface area contributed by atoms with Crippen molar-refractivity contribution < 1.29 is 8.78 Å². The lowest BCUT2D eigenvalue weighted by Crippen LogP contribution is -2.24. The van der Waals surface area contributed by atoms with Crippen molar-refractivity contribution in [3.05, 3.63) is 34.9 Å². The van der Waals surface area contributed by atoms with Crippen LogP contribution in [0.1, 0.15) is 43.9 Å². The maximum atomic E-state index is 13.8. The summed E-state index contributed by atoms with van der Waals surface area (Å²) in [6.07, 6.45) is 0. The Morgan fingerprint density at radius 1 is 1.12 bits per heavy atom. The van der Waals surface area contributed by atoms with Crippen LogP contribution in [0.15, 0.2) is 12.1 Å². The van der Waals surface area contributed by atoms with Gasteiger partial charge in [0.25, 0.3) is 0 Å². The zero-order valence-corrected chi connectivity index (χ0v) is 9.85. The maximum absolute atomic E-state index is 13.8. The minimum absolute atomic E-state index is 0.0642. The highest BCUT2D eigenvalue weighted by Crippen LogP contribution is 2.46. The average Bonchev–Trinajstić information content (AvgIpc) is 2.50. The molecule has 3 heteroatoms. The number of rotatable bonds is 2. The van der Waals surface area contributed by atoms with Gasteiger partial charge in [-0.3, -0.25) is 0 Å². The monoisotopic (exact) mass is 225 g/mol. The molecule has 3 atom stereocenters. The van der Waals surface area contributed by atoms with Crippen molar-refractivity contribution in [2.45, 2.75) is 32.7 Å². The van der Waals surface area contributed by atoms with Crippen molar-refractivity contribution in [2.24, 2.45) is 5.92 Å². The van der Waals surface area contributed by atoms with Gasteiger partial charge >= 0.3 is 0 Å². The summed E-state index contributed by atoms with van der Waals surface area (Å²) in [5, 5.41) is 3.24. The third-order valence-electron chi connectivity index (χ3n) is 3.69. The van der Waals surface area contributed by atoms with Gasteiger partial charge in [-0.05, 0) is 36.1 Å². The summed E-state index contributed by atoms with van der Waals surface area (Å²) < 4.78 is 27.5. The Bertz CT molecular complexity index is 403. The lowest BCUT2D eigenvalue weighted by molar-refractivity contribution is 0.378. The Morgan fingerprint density at radius 2 is 1.69 bits per heavy atom. The van der Waals surface area contributed by atoms with Crippen molar-refractivity contribution in [1.29, 1.82) is 0 Å². The second-order valence-electron chi connectivity index (χ2n) is 4.54. The van der Waals surface area contributed by atoms with Gasteiger partial charge in [-0.2, -0.15) is 0 Å². The van der Waals surface area contributed by atoms with Gasteiger partial charge in [0, 0.05) is 11.6 Å². The van der Waals surface area contributed by atoms with Crippen molar-refractivity contribution in [2.75, 3.05) is 6.54 Å². The third-order valence-corrected chi connectivity index (χ3v) is 3.69. The molecule has 0 fully saturated rings. The molecule has 1 N–H and O–H groups in total. The summed E-state index contributed by atoms with van der Waals surface area (Å²) in [7, 11) is 0. The third kappa shape index (κ3) is 1.54. The number of nitrogens with one attached hydrogen (secondary N) is 1. The Kier molecular flexibility index (Phi) is 2.98. The average molecular weight is 225 g/mol. The summed E-state index contributed by atoms with van der Waals surface area (Å²) in [5.74, 6) is -0.286. The highest BCUT2D eigenvalue weighted by atomic mass is 19.1. The molecule has 3 unspecified atom stereocenters. The fourth-order valence-corrected chi connectivity index (χ4v) is 2.68. The fourth-order valence-electron chi connectivity index (χ4n) is 2.68. The number of hydrogen-bond donors (Lipinski definition) is 1. The first-order valence-electron chi connectivity index (χ1n) is 5.79. The first-order valence-corrected chi connectivity index (χ1v) is 5.79. The molecule has 0 aliphatic heterocycles. The summed E-state index contributed by atoms with van der Waals surface area (Å²) in [6, 6.07) is 2.39. The number of halogens is 2. The van der Waals surface area contributed by atoms with Crippen molar-refractivity contribution >= 4 is 0 Å². The maximum Gasteiger partial charge on any atom is 0.128 e. The van der Waals surface area contributed by atoms with Crippen LogP contribution in [0.5, 0.6) is 0 Å². The molecule has 16 heavy (non-hydrogen) atoms. The van der Waals surface area contributed by atoms with E-state index in [1.807, 2.05) is 20.8 Å². The lowest BCUT2D eigenvalue weighted by atomic mass is 9.94. The molecular weight excluding hydrogens is 208 g/mol. The van der Waals surface area contributed by atoms with Crippen molar-refractivity contribution in [3.63, 3.8) is 0 Å². The van der Waals surface area contributed by atoms with Gasteiger partial charge in [-0.25, -0.2) is 8.78 Å². The lowest BCUT2D eigenvalue weighted by Gasteiger charge is -2.19. The highest BCUT2D eigenvalue weighted by Gasteiger charge is 2.38. The first-order chi connectivity index (χ1) is 7.57. The molecule has 0 saturated carbocycles.